The Morgan fingerprint density at radius 3 is 2.50 bits per heavy atom. The van der Waals surface area contributed by atoms with E-state index >= 15 is 0 Å². The molecule has 1 aliphatic carbocycles. The lowest BCUT2D eigenvalue weighted by molar-refractivity contribution is 0.318. The fraction of sp³-hybridized carbons (Fsp3) is 0.667. The average Bonchev–Trinajstić information content (AvgIpc) is 2.55. The van der Waals surface area contributed by atoms with Crippen molar-refractivity contribution in [2.75, 3.05) is 25.1 Å². The molecule has 0 spiro atoms. The van der Waals surface area contributed by atoms with E-state index in [-0.39, 0.29) is 6.61 Å². The Bertz CT molecular complexity index is 495. The largest absolute Gasteiger partial charge is 0.384 e. The van der Waals surface area contributed by atoms with E-state index in [1.807, 2.05) is 12.4 Å². The van der Waals surface area contributed by atoms with Gasteiger partial charge in [-0.3, -0.25) is 0 Å². The molecule has 1 saturated carbocycles. The van der Waals surface area contributed by atoms with Gasteiger partial charge in [-0.05, 0) is 43.6 Å². The van der Waals surface area contributed by atoms with E-state index < -0.39 is 0 Å². The molecule has 4 heteroatoms. The second-order valence-electron chi connectivity index (χ2n) is 6.22. The van der Waals surface area contributed by atoms with E-state index in [1.54, 1.807) is 0 Å². The molecule has 1 fully saturated rings. The van der Waals surface area contributed by atoms with Gasteiger partial charge in [0.15, 0.2) is 0 Å². The van der Waals surface area contributed by atoms with Crippen molar-refractivity contribution in [3.63, 3.8) is 0 Å². The van der Waals surface area contributed by atoms with Gasteiger partial charge in [0, 0.05) is 31.9 Å². The SMILES string of the molecule is CCCc1cnc(N(C)CC2CCC(C#CCO)CC2)nc1. The van der Waals surface area contributed by atoms with Crippen molar-refractivity contribution in [1.29, 1.82) is 0 Å². The summed E-state index contributed by atoms with van der Waals surface area (Å²) in [4.78, 5) is 11.1. The second-order valence-corrected chi connectivity index (χ2v) is 6.22. The maximum absolute atomic E-state index is 8.75. The van der Waals surface area contributed by atoms with Crippen LogP contribution in [0.2, 0.25) is 0 Å². The summed E-state index contributed by atoms with van der Waals surface area (Å²) in [7, 11) is 2.08. The van der Waals surface area contributed by atoms with Crippen LogP contribution in [0.25, 0.3) is 0 Å². The smallest absolute Gasteiger partial charge is 0.224 e. The van der Waals surface area contributed by atoms with Gasteiger partial charge in [0.05, 0.1) is 0 Å². The zero-order chi connectivity index (χ0) is 15.8. The van der Waals surface area contributed by atoms with Crippen LogP contribution >= 0.6 is 0 Å². The van der Waals surface area contributed by atoms with Gasteiger partial charge in [0.2, 0.25) is 5.95 Å². The van der Waals surface area contributed by atoms with Crippen LogP contribution in [0, 0.1) is 23.7 Å². The zero-order valence-electron chi connectivity index (χ0n) is 13.8. The van der Waals surface area contributed by atoms with Crippen LogP contribution in [0.5, 0.6) is 0 Å². The topological polar surface area (TPSA) is 49.2 Å². The summed E-state index contributed by atoms with van der Waals surface area (Å²) in [5.41, 5.74) is 1.21. The normalized spacial score (nSPS) is 21.0. The minimum absolute atomic E-state index is 0.0198. The highest BCUT2D eigenvalue weighted by Crippen LogP contribution is 2.29. The van der Waals surface area contributed by atoms with E-state index in [9.17, 15) is 0 Å². The van der Waals surface area contributed by atoms with E-state index in [1.165, 1.54) is 18.4 Å². The highest BCUT2D eigenvalue weighted by atomic mass is 16.2. The van der Waals surface area contributed by atoms with Crippen LogP contribution in [0.4, 0.5) is 5.95 Å². The lowest BCUT2D eigenvalue weighted by Crippen LogP contribution is -2.29. The maximum Gasteiger partial charge on any atom is 0.224 e. The minimum Gasteiger partial charge on any atom is -0.384 e. The molecule has 0 atom stereocenters. The third-order valence-electron chi connectivity index (χ3n) is 4.34. The lowest BCUT2D eigenvalue weighted by atomic mass is 9.82. The van der Waals surface area contributed by atoms with Gasteiger partial charge in [0.1, 0.15) is 6.61 Å². The Morgan fingerprint density at radius 1 is 1.23 bits per heavy atom. The monoisotopic (exact) mass is 301 g/mol. The number of anilines is 1. The first-order chi connectivity index (χ1) is 10.7. The molecule has 0 unspecified atom stereocenters. The Morgan fingerprint density at radius 2 is 1.91 bits per heavy atom. The fourth-order valence-electron chi connectivity index (χ4n) is 3.11. The molecule has 0 bridgehead atoms. The number of nitrogens with zero attached hydrogens (tertiary/aromatic N) is 3. The van der Waals surface area contributed by atoms with Gasteiger partial charge < -0.3 is 10.0 Å². The standard InChI is InChI=1S/C18H27N3O/c1-3-5-17-12-19-18(20-13-17)21(2)14-16-9-7-15(8-10-16)6-4-11-22/h12-13,15-16,22H,3,5,7-11,14H2,1-2H3. The first-order valence-corrected chi connectivity index (χ1v) is 8.34. The number of rotatable bonds is 5. The molecule has 0 aromatic carbocycles. The molecule has 0 amide bonds. The quantitative estimate of drug-likeness (QED) is 0.850. The summed E-state index contributed by atoms with van der Waals surface area (Å²) in [6.45, 7) is 3.16. The van der Waals surface area contributed by atoms with Gasteiger partial charge in [-0.1, -0.05) is 25.2 Å². The van der Waals surface area contributed by atoms with Crippen LogP contribution in [0.3, 0.4) is 0 Å². The van der Waals surface area contributed by atoms with Crippen molar-refractivity contribution < 1.29 is 5.11 Å². The number of hydrogen-bond donors (Lipinski definition) is 1. The van der Waals surface area contributed by atoms with Crippen molar-refractivity contribution in [2.24, 2.45) is 11.8 Å². The van der Waals surface area contributed by atoms with Crippen molar-refractivity contribution >= 4 is 5.95 Å². The number of aliphatic hydroxyl groups is 1. The average molecular weight is 301 g/mol. The Kier molecular flexibility index (Phi) is 6.67. The van der Waals surface area contributed by atoms with Crippen LogP contribution in [-0.2, 0) is 6.42 Å². The van der Waals surface area contributed by atoms with Gasteiger partial charge in [-0.25, -0.2) is 9.97 Å². The molecule has 0 radical (unpaired) electrons. The van der Waals surface area contributed by atoms with Crippen molar-refractivity contribution in [3.05, 3.63) is 18.0 Å². The summed E-state index contributed by atoms with van der Waals surface area (Å²) in [6, 6.07) is 0. The summed E-state index contributed by atoms with van der Waals surface area (Å²) in [6.07, 6.45) is 10.7. The Balaban J connectivity index is 1.81. The molecular formula is C18H27N3O. The lowest BCUT2D eigenvalue weighted by Gasteiger charge is -2.29. The van der Waals surface area contributed by atoms with Crippen LogP contribution in [0.1, 0.15) is 44.6 Å². The third-order valence-corrected chi connectivity index (χ3v) is 4.34. The minimum atomic E-state index is -0.0198. The maximum atomic E-state index is 8.75. The number of hydrogen-bond acceptors (Lipinski definition) is 4. The third kappa shape index (κ3) is 4.99. The van der Waals surface area contributed by atoms with Gasteiger partial charge in [-0.2, -0.15) is 0 Å². The number of aromatic nitrogens is 2. The molecule has 1 N–H and O–H groups in total. The molecule has 0 aliphatic heterocycles. The molecule has 0 saturated heterocycles. The van der Waals surface area contributed by atoms with Crippen molar-refractivity contribution in [2.45, 2.75) is 45.4 Å². The Labute approximate surface area is 134 Å². The van der Waals surface area contributed by atoms with Gasteiger partial charge >= 0.3 is 0 Å². The van der Waals surface area contributed by atoms with E-state index in [0.717, 1.165) is 38.2 Å². The molecule has 2 rings (SSSR count). The zero-order valence-corrected chi connectivity index (χ0v) is 13.8. The molecule has 22 heavy (non-hydrogen) atoms. The Hall–Kier alpha value is -1.60. The van der Waals surface area contributed by atoms with Gasteiger partial charge in [-0.15, -0.1) is 0 Å². The second kappa shape index (κ2) is 8.75. The summed E-state index contributed by atoms with van der Waals surface area (Å²) >= 11 is 0. The van der Waals surface area contributed by atoms with Gasteiger partial charge in [0.25, 0.3) is 0 Å². The molecule has 4 nitrogen and oxygen atoms in total. The van der Waals surface area contributed by atoms with E-state index in [0.29, 0.717) is 11.8 Å². The van der Waals surface area contributed by atoms with Crippen LogP contribution < -0.4 is 4.90 Å². The van der Waals surface area contributed by atoms with Crippen molar-refractivity contribution in [1.82, 2.24) is 9.97 Å². The number of aliphatic hydroxyl groups excluding tert-OH is 1. The van der Waals surface area contributed by atoms with E-state index in [2.05, 4.69) is 40.7 Å². The molecule has 1 aliphatic rings. The molecule has 1 heterocycles. The van der Waals surface area contributed by atoms with Crippen LogP contribution in [0.15, 0.2) is 12.4 Å². The number of aryl methyl sites for hydroxylation is 1. The first kappa shape index (κ1) is 16.8. The highest BCUT2D eigenvalue weighted by Gasteiger charge is 2.21. The molecule has 120 valence electrons. The predicted molar refractivity (Wildman–Crippen MR) is 89.6 cm³/mol. The molecular weight excluding hydrogens is 274 g/mol. The first-order valence-electron chi connectivity index (χ1n) is 8.34. The predicted octanol–water partition coefficient (Wildman–Crippen LogP) is 2.67. The highest BCUT2D eigenvalue weighted by molar-refractivity contribution is 5.28. The van der Waals surface area contributed by atoms with E-state index in [4.69, 9.17) is 5.11 Å². The summed E-state index contributed by atoms with van der Waals surface area (Å²) in [5, 5.41) is 8.75. The summed E-state index contributed by atoms with van der Waals surface area (Å²) < 4.78 is 0. The summed E-state index contributed by atoms with van der Waals surface area (Å²) in [5.74, 6) is 7.93. The molecule has 1 aromatic heterocycles. The van der Waals surface area contributed by atoms with Crippen LogP contribution in [-0.4, -0.2) is 35.3 Å². The van der Waals surface area contributed by atoms with Crippen molar-refractivity contribution in [3.8, 4) is 11.8 Å². The fourth-order valence-corrected chi connectivity index (χ4v) is 3.11. The molecule has 1 aromatic rings.